The van der Waals surface area contributed by atoms with Crippen LogP contribution in [-0.4, -0.2) is 71.5 Å². The second-order valence-electron chi connectivity index (χ2n) is 11.4. The molecule has 38 heavy (non-hydrogen) atoms. The summed E-state index contributed by atoms with van der Waals surface area (Å²) in [6, 6.07) is 3.93. The highest BCUT2D eigenvalue weighted by Crippen LogP contribution is 2.63. The molecule has 1 spiro atoms. The number of likely N-dealkylation sites (tertiary alicyclic amines) is 1. The van der Waals surface area contributed by atoms with Crippen LogP contribution >= 0.6 is 11.8 Å². The van der Waals surface area contributed by atoms with E-state index in [1.807, 2.05) is 12.1 Å². The Morgan fingerprint density at radius 1 is 1.18 bits per heavy atom. The van der Waals surface area contributed by atoms with Crippen molar-refractivity contribution in [3.05, 3.63) is 35.4 Å². The van der Waals surface area contributed by atoms with Crippen LogP contribution in [0.5, 0.6) is 11.5 Å². The number of thioether (sulfide) groups is 1. The number of Topliss-reactive ketones (excluding diaryl/α,β-unsaturated/α-hetero) is 1. The average molecular weight is 607 g/mol. The summed E-state index contributed by atoms with van der Waals surface area (Å²) in [6.45, 7) is 3.92. The molecule has 5 aliphatic rings. The van der Waals surface area contributed by atoms with Crippen LogP contribution in [0.2, 0.25) is 0 Å². The Morgan fingerprint density at radius 2 is 1.97 bits per heavy atom. The fraction of sp³-hybridized carbons (Fsp3) is 0.571. The first kappa shape index (κ1) is 27.4. The number of ether oxygens (including phenoxy) is 3. The number of ketones is 1. The average Bonchev–Trinajstić information content (AvgIpc) is 3.39. The van der Waals surface area contributed by atoms with Gasteiger partial charge < -0.3 is 35.7 Å². The quantitative estimate of drug-likeness (QED) is 0.190. The number of carbonyl (C=O) groups excluding carboxylic acids is 4. The molecule has 2 aliphatic carbocycles. The van der Waals surface area contributed by atoms with Crippen LogP contribution in [-0.2, 0) is 35.8 Å². The Bertz CT molecular complexity index is 1250. The molecule has 10 heteroatoms. The van der Waals surface area contributed by atoms with Crippen LogP contribution in [0, 0.1) is 11.8 Å². The molecule has 7 atom stereocenters. The van der Waals surface area contributed by atoms with Gasteiger partial charge in [-0.1, -0.05) is 23.9 Å². The van der Waals surface area contributed by atoms with Gasteiger partial charge in [0.15, 0.2) is 34.6 Å². The largest absolute Gasteiger partial charge is 1.00 e. The minimum absolute atomic E-state index is 0. The van der Waals surface area contributed by atoms with Gasteiger partial charge in [0.1, 0.15) is 12.6 Å². The standard InChI is InChI=1S/C28H32NO7S.BrH/c1-15(30)34-22-6-4-17-13-21-20-5-7-23(35-16(2)31)26-28(20,24(17)25(22)36-26)9-10-29(21,3)14-19(32)12-18-8-11-37-27(18)33;/h4-7,18,20-21,23,26H,8-14H2,1-3H3;1H/q+1;/p-1/t18?,20?,21?,23-,26-,28-,29-;/m0./s1. The molecular formula is C28H32BrNO7S. The Morgan fingerprint density at radius 3 is 2.66 bits per heavy atom. The highest BCUT2D eigenvalue weighted by atomic mass is 79.9. The third kappa shape index (κ3) is 4.14. The molecule has 8 nitrogen and oxygen atoms in total. The van der Waals surface area contributed by atoms with Gasteiger partial charge in [0.05, 0.1) is 19.0 Å². The fourth-order valence-electron chi connectivity index (χ4n) is 7.66. The molecule has 0 radical (unpaired) electrons. The zero-order chi connectivity index (χ0) is 26.1. The van der Waals surface area contributed by atoms with Crippen molar-refractivity contribution in [2.75, 3.05) is 25.9 Å². The van der Waals surface area contributed by atoms with Gasteiger partial charge in [-0.2, -0.15) is 0 Å². The summed E-state index contributed by atoms with van der Waals surface area (Å²) >= 11 is 1.34. The van der Waals surface area contributed by atoms with Crippen molar-refractivity contribution < 1.29 is 54.9 Å². The smallest absolute Gasteiger partial charge is 0.308 e. The van der Waals surface area contributed by atoms with Gasteiger partial charge in [-0.3, -0.25) is 19.2 Å². The number of carbonyl (C=O) groups is 4. The maximum absolute atomic E-state index is 13.3. The lowest BCUT2D eigenvalue weighted by Gasteiger charge is -2.59. The van der Waals surface area contributed by atoms with Crippen molar-refractivity contribution in [3.8, 4) is 11.5 Å². The molecule has 1 aromatic carbocycles. The number of benzene rings is 1. The van der Waals surface area contributed by atoms with Crippen LogP contribution in [0.25, 0.3) is 0 Å². The lowest BCUT2D eigenvalue weighted by Crippen LogP contribution is -3.00. The van der Waals surface area contributed by atoms with Crippen LogP contribution < -0.4 is 26.5 Å². The van der Waals surface area contributed by atoms with Crippen LogP contribution in [0.3, 0.4) is 0 Å². The van der Waals surface area contributed by atoms with Crippen LogP contribution in [0.1, 0.15) is 44.2 Å². The minimum atomic E-state index is -0.553. The number of nitrogens with zero attached hydrogens (tertiary/aromatic N) is 1. The molecule has 0 saturated carbocycles. The molecule has 3 heterocycles. The number of likely N-dealkylation sites (N-methyl/N-ethyl adjacent to an activating group) is 1. The summed E-state index contributed by atoms with van der Waals surface area (Å²) in [5, 5.41) is 0.147. The highest BCUT2D eigenvalue weighted by Gasteiger charge is 2.68. The van der Waals surface area contributed by atoms with E-state index in [1.54, 1.807) is 6.07 Å². The van der Waals surface area contributed by atoms with E-state index in [-0.39, 0.29) is 51.7 Å². The molecule has 6 rings (SSSR count). The molecule has 2 fully saturated rings. The van der Waals surface area contributed by atoms with Crippen LogP contribution in [0.4, 0.5) is 0 Å². The molecule has 3 unspecified atom stereocenters. The van der Waals surface area contributed by atoms with Gasteiger partial charge >= 0.3 is 11.9 Å². The number of esters is 2. The summed E-state index contributed by atoms with van der Waals surface area (Å²) < 4.78 is 18.4. The molecule has 2 bridgehead atoms. The first-order valence-electron chi connectivity index (χ1n) is 13.0. The molecular weight excluding hydrogens is 574 g/mol. The normalized spacial score (nSPS) is 35.6. The van der Waals surface area contributed by atoms with Crippen molar-refractivity contribution in [2.24, 2.45) is 11.8 Å². The van der Waals surface area contributed by atoms with E-state index in [0.717, 1.165) is 42.7 Å². The predicted octanol–water partition coefficient (Wildman–Crippen LogP) is -0.254. The maximum Gasteiger partial charge on any atom is 0.308 e. The number of hydrogen-bond acceptors (Lipinski definition) is 8. The van der Waals surface area contributed by atoms with Gasteiger partial charge in [0, 0.05) is 56.3 Å². The Labute approximate surface area is 236 Å². The van der Waals surface area contributed by atoms with E-state index >= 15 is 0 Å². The van der Waals surface area contributed by atoms with Gasteiger partial charge in [0.25, 0.3) is 0 Å². The third-order valence-corrected chi connectivity index (χ3v) is 10.2. The summed E-state index contributed by atoms with van der Waals surface area (Å²) in [4.78, 5) is 49.2. The second-order valence-corrected chi connectivity index (χ2v) is 12.5. The lowest BCUT2D eigenvalue weighted by atomic mass is 9.52. The van der Waals surface area contributed by atoms with Crippen molar-refractivity contribution in [1.82, 2.24) is 0 Å². The Kier molecular flexibility index (Phi) is 7.05. The number of piperidine rings is 1. The first-order valence-corrected chi connectivity index (χ1v) is 14.0. The molecule has 1 aromatic rings. The van der Waals surface area contributed by atoms with Crippen molar-refractivity contribution in [2.45, 2.75) is 63.2 Å². The van der Waals surface area contributed by atoms with E-state index in [4.69, 9.17) is 14.2 Å². The maximum atomic E-state index is 13.3. The topological polar surface area (TPSA) is 96.0 Å². The summed E-state index contributed by atoms with van der Waals surface area (Å²) in [5.41, 5.74) is 1.76. The van der Waals surface area contributed by atoms with Gasteiger partial charge in [-0.25, -0.2) is 0 Å². The molecule has 2 saturated heterocycles. The summed E-state index contributed by atoms with van der Waals surface area (Å²) in [7, 11) is 2.16. The van der Waals surface area contributed by atoms with E-state index in [1.165, 1.54) is 25.6 Å². The fourth-order valence-corrected chi connectivity index (χ4v) is 8.70. The monoisotopic (exact) mass is 605 g/mol. The van der Waals surface area contributed by atoms with Gasteiger partial charge in [-0.15, -0.1) is 0 Å². The van der Waals surface area contributed by atoms with Crippen LogP contribution in [0.15, 0.2) is 24.3 Å². The Hall–Kier alpha value is -2.17. The number of rotatable bonds is 6. The second kappa shape index (κ2) is 9.78. The van der Waals surface area contributed by atoms with E-state index in [2.05, 4.69) is 13.1 Å². The third-order valence-electron chi connectivity index (χ3n) is 9.12. The molecule has 204 valence electrons. The predicted molar refractivity (Wildman–Crippen MR) is 135 cm³/mol. The van der Waals surface area contributed by atoms with Gasteiger partial charge in [0.2, 0.25) is 0 Å². The number of hydrogen-bond donors (Lipinski definition) is 0. The van der Waals surface area contributed by atoms with Crippen molar-refractivity contribution in [1.29, 1.82) is 0 Å². The summed E-state index contributed by atoms with van der Waals surface area (Å²) in [6.07, 6.45) is 5.71. The zero-order valence-corrected chi connectivity index (χ0v) is 24.1. The molecule has 3 aliphatic heterocycles. The number of halogens is 1. The minimum Gasteiger partial charge on any atom is -1.00 e. The Balaban J connectivity index is 0.00000294. The number of quaternary nitrogens is 1. The summed E-state index contributed by atoms with van der Waals surface area (Å²) in [5.74, 6) is 1.05. The zero-order valence-electron chi connectivity index (χ0n) is 21.7. The molecule has 0 amide bonds. The SMILES string of the molecule is CC(=O)Oc1ccc2c3c1O[C@H]1[C@@H](OC(C)=O)C=CC4C(C2)[N@+](C)(CC(=O)CC2CCSC2=O)CC[C@@]341.[Br-]. The van der Waals surface area contributed by atoms with E-state index < -0.39 is 23.6 Å². The van der Waals surface area contributed by atoms with Crippen molar-refractivity contribution in [3.63, 3.8) is 0 Å². The van der Waals surface area contributed by atoms with E-state index in [9.17, 15) is 19.2 Å². The van der Waals surface area contributed by atoms with E-state index in [0.29, 0.717) is 28.9 Å². The highest BCUT2D eigenvalue weighted by molar-refractivity contribution is 8.14. The first-order chi connectivity index (χ1) is 17.6. The molecule has 0 N–H and O–H groups in total. The van der Waals surface area contributed by atoms with Crippen molar-refractivity contribution >= 4 is 34.6 Å². The van der Waals surface area contributed by atoms with Gasteiger partial charge in [-0.05, 0) is 24.1 Å². The molecule has 0 aromatic heterocycles. The lowest BCUT2D eigenvalue weighted by molar-refractivity contribution is -0.936.